The number of sulfonamides is 1. The molecular weight excluding hydrogens is 350 g/mol. The largest absolute Gasteiger partial charge is 0.395 e. The summed E-state index contributed by atoms with van der Waals surface area (Å²) in [6, 6.07) is 5.15. The molecule has 0 saturated carbocycles. The van der Waals surface area contributed by atoms with Gasteiger partial charge in [0.15, 0.2) is 0 Å². The van der Waals surface area contributed by atoms with E-state index in [2.05, 4.69) is 36.6 Å². The van der Waals surface area contributed by atoms with Gasteiger partial charge in [-0.2, -0.15) is 0 Å². The van der Waals surface area contributed by atoms with Crippen LogP contribution in [0.2, 0.25) is 0 Å². The Morgan fingerprint density at radius 3 is 2.60 bits per heavy atom. The van der Waals surface area contributed by atoms with E-state index in [0.717, 1.165) is 4.47 Å². The van der Waals surface area contributed by atoms with Gasteiger partial charge < -0.3 is 5.11 Å². The molecule has 0 atom stereocenters. The SMILES string of the molecule is O=S(=O)(CCO)Nc1cc(Br)ccc1Br. The molecule has 15 heavy (non-hydrogen) atoms. The van der Waals surface area contributed by atoms with Gasteiger partial charge in [0.2, 0.25) is 10.0 Å². The maximum atomic E-state index is 11.4. The maximum absolute atomic E-state index is 11.4. The fourth-order valence-corrected chi connectivity index (χ4v) is 2.60. The van der Waals surface area contributed by atoms with Crippen LogP contribution in [-0.2, 0) is 10.0 Å². The van der Waals surface area contributed by atoms with Crippen LogP contribution in [0.3, 0.4) is 0 Å². The van der Waals surface area contributed by atoms with Gasteiger partial charge in [0.05, 0.1) is 18.0 Å². The first-order chi connectivity index (χ1) is 6.94. The minimum absolute atomic E-state index is 0.314. The molecule has 0 aliphatic rings. The molecule has 0 radical (unpaired) electrons. The number of anilines is 1. The number of nitrogens with one attached hydrogen (secondary N) is 1. The van der Waals surface area contributed by atoms with Gasteiger partial charge in [-0.05, 0) is 34.1 Å². The van der Waals surface area contributed by atoms with Crippen LogP contribution in [0.5, 0.6) is 0 Å². The average molecular weight is 359 g/mol. The Morgan fingerprint density at radius 1 is 1.33 bits per heavy atom. The van der Waals surface area contributed by atoms with Gasteiger partial charge in [-0.25, -0.2) is 8.42 Å². The van der Waals surface area contributed by atoms with E-state index in [9.17, 15) is 8.42 Å². The molecule has 0 unspecified atom stereocenters. The van der Waals surface area contributed by atoms with Gasteiger partial charge in [-0.3, -0.25) is 4.72 Å². The maximum Gasteiger partial charge on any atom is 0.235 e. The summed E-state index contributed by atoms with van der Waals surface area (Å²) in [5.74, 6) is -0.314. The smallest absolute Gasteiger partial charge is 0.235 e. The topological polar surface area (TPSA) is 66.4 Å². The van der Waals surface area contributed by atoms with Crippen molar-refractivity contribution in [1.82, 2.24) is 0 Å². The second kappa shape index (κ2) is 5.29. The zero-order valence-electron chi connectivity index (χ0n) is 7.57. The molecule has 1 aromatic rings. The predicted octanol–water partition coefficient (Wildman–Crippen LogP) is 1.95. The number of benzene rings is 1. The van der Waals surface area contributed by atoms with Crippen LogP contribution in [0, 0.1) is 0 Å². The highest BCUT2D eigenvalue weighted by Gasteiger charge is 2.11. The molecule has 84 valence electrons. The molecule has 0 fully saturated rings. The first-order valence-electron chi connectivity index (χ1n) is 4.01. The second-order valence-electron chi connectivity index (χ2n) is 2.77. The zero-order chi connectivity index (χ0) is 11.5. The summed E-state index contributed by atoms with van der Waals surface area (Å²) in [5.41, 5.74) is 0.442. The van der Waals surface area contributed by atoms with Crippen molar-refractivity contribution in [3.8, 4) is 0 Å². The summed E-state index contributed by atoms with van der Waals surface area (Å²) in [6.45, 7) is -0.402. The highest BCUT2D eigenvalue weighted by Crippen LogP contribution is 2.26. The number of halogens is 2. The molecule has 0 saturated heterocycles. The van der Waals surface area contributed by atoms with E-state index >= 15 is 0 Å². The Bertz CT molecular complexity index is 447. The summed E-state index contributed by atoms with van der Waals surface area (Å²) in [5, 5.41) is 8.56. The number of hydrogen-bond acceptors (Lipinski definition) is 3. The number of hydrogen-bond donors (Lipinski definition) is 2. The van der Waals surface area contributed by atoms with Gasteiger partial charge in [0.25, 0.3) is 0 Å². The first-order valence-corrected chi connectivity index (χ1v) is 7.25. The van der Waals surface area contributed by atoms with E-state index < -0.39 is 16.6 Å². The molecule has 0 heterocycles. The Morgan fingerprint density at radius 2 is 2.00 bits per heavy atom. The van der Waals surface area contributed by atoms with Gasteiger partial charge in [-0.15, -0.1) is 0 Å². The molecule has 0 bridgehead atoms. The van der Waals surface area contributed by atoms with Crippen molar-refractivity contribution in [3.05, 3.63) is 27.1 Å². The Balaban J connectivity index is 2.94. The summed E-state index contributed by atoms with van der Waals surface area (Å²) in [7, 11) is -3.47. The van der Waals surface area contributed by atoms with E-state index in [0.29, 0.717) is 10.2 Å². The van der Waals surface area contributed by atoms with Crippen LogP contribution in [0.4, 0.5) is 5.69 Å². The van der Waals surface area contributed by atoms with E-state index in [4.69, 9.17) is 5.11 Å². The highest BCUT2D eigenvalue weighted by molar-refractivity contribution is 9.11. The number of aliphatic hydroxyl groups excluding tert-OH is 1. The molecule has 0 amide bonds. The minimum atomic E-state index is -3.47. The van der Waals surface area contributed by atoms with Crippen LogP contribution in [0.1, 0.15) is 0 Å². The summed E-state index contributed by atoms with van der Waals surface area (Å²) in [4.78, 5) is 0. The van der Waals surface area contributed by atoms with E-state index in [-0.39, 0.29) is 5.75 Å². The third-order valence-corrected chi connectivity index (χ3v) is 3.99. The lowest BCUT2D eigenvalue weighted by molar-refractivity contribution is 0.320. The summed E-state index contributed by atoms with van der Waals surface area (Å²) in [6.07, 6.45) is 0. The fourth-order valence-electron chi connectivity index (χ4n) is 0.914. The van der Waals surface area contributed by atoms with Crippen molar-refractivity contribution in [1.29, 1.82) is 0 Å². The Kier molecular flexibility index (Phi) is 4.57. The van der Waals surface area contributed by atoms with E-state index in [1.807, 2.05) is 0 Å². The Labute approximate surface area is 105 Å². The zero-order valence-corrected chi connectivity index (χ0v) is 11.6. The van der Waals surface area contributed by atoms with Crippen molar-refractivity contribution < 1.29 is 13.5 Å². The molecule has 1 rings (SSSR count). The molecule has 0 aromatic heterocycles. The van der Waals surface area contributed by atoms with Crippen molar-refractivity contribution in [2.75, 3.05) is 17.1 Å². The third-order valence-electron chi connectivity index (χ3n) is 1.55. The lowest BCUT2D eigenvalue weighted by Gasteiger charge is -2.08. The van der Waals surface area contributed by atoms with Gasteiger partial charge >= 0.3 is 0 Å². The number of rotatable bonds is 4. The monoisotopic (exact) mass is 357 g/mol. The lowest BCUT2D eigenvalue weighted by Crippen LogP contribution is -2.19. The first kappa shape index (κ1) is 13.0. The summed E-state index contributed by atoms with van der Waals surface area (Å²) >= 11 is 6.46. The van der Waals surface area contributed by atoms with Crippen LogP contribution < -0.4 is 4.72 Å². The average Bonchev–Trinajstić information content (AvgIpc) is 2.10. The standard InChI is InChI=1S/C8H9Br2NO3S/c9-6-1-2-7(10)8(5-6)11-15(13,14)4-3-12/h1-2,5,11-12H,3-4H2. The molecule has 0 aliphatic heterocycles. The normalized spacial score (nSPS) is 11.4. The van der Waals surface area contributed by atoms with Gasteiger partial charge in [0, 0.05) is 8.95 Å². The quantitative estimate of drug-likeness (QED) is 0.864. The molecule has 0 spiro atoms. The lowest BCUT2D eigenvalue weighted by atomic mass is 10.3. The predicted molar refractivity (Wildman–Crippen MR) is 66.3 cm³/mol. The third kappa shape index (κ3) is 4.10. The van der Waals surface area contributed by atoms with Crippen molar-refractivity contribution >= 4 is 47.6 Å². The van der Waals surface area contributed by atoms with Crippen LogP contribution in [-0.4, -0.2) is 25.9 Å². The highest BCUT2D eigenvalue weighted by atomic mass is 79.9. The van der Waals surface area contributed by atoms with Crippen LogP contribution in [0.25, 0.3) is 0 Å². The van der Waals surface area contributed by atoms with Crippen LogP contribution >= 0.6 is 31.9 Å². The Hall–Kier alpha value is -0.110. The molecule has 0 aliphatic carbocycles. The molecule has 2 N–H and O–H groups in total. The van der Waals surface area contributed by atoms with Crippen molar-refractivity contribution in [3.63, 3.8) is 0 Å². The molecule has 7 heteroatoms. The second-order valence-corrected chi connectivity index (χ2v) is 6.38. The van der Waals surface area contributed by atoms with Gasteiger partial charge in [-0.1, -0.05) is 15.9 Å². The van der Waals surface area contributed by atoms with E-state index in [1.165, 1.54) is 0 Å². The van der Waals surface area contributed by atoms with Gasteiger partial charge in [0.1, 0.15) is 0 Å². The molecule has 4 nitrogen and oxygen atoms in total. The summed E-state index contributed by atoms with van der Waals surface area (Å²) < 4.78 is 26.5. The molecule has 1 aromatic carbocycles. The van der Waals surface area contributed by atoms with Crippen LogP contribution in [0.15, 0.2) is 27.1 Å². The van der Waals surface area contributed by atoms with Crippen molar-refractivity contribution in [2.45, 2.75) is 0 Å². The van der Waals surface area contributed by atoms with E-state index in [1.54, 1.807) is 18.2 Å². The van der Waals surface area contributed by atoms with Crippen molar-refractivity contribution in [2.24, 2.45) is 0 Å². The fraction of sp³-hybridized carbons (Fsp3) is 0.250. The molecular formula is C8H9Br2NO3S. The number of aliphatic hydroxyl groups is 1. The minimum Gasteiger partial charge on any atom is -0.395 e.